The van der Waals surface area contributed by atoms with E-state index in [2.05, 4.69) is 10.3 Å². The quantitative estimate of drug-likeness (QED) is 0.382. The smallest absolute Gasteiger partial charge is 0.262 e. The van der Waals surface area contributed by atoms with Gasteiger partial charge < -0.3 is 11.5 Å². The SMILES string of the molecule is Cc1nc2c(C(CCCCCC(N)=O)C(N)=O)cccc2c(=O)n1C1CCC(=O)NC1=O. The van der Waals surface area contributed by atoms with Gasteiger partial charge in [-0.1, -0.05) is 25.0 Å². The van der Waals surface area contributed by atoms with E-state index in [1.54, 1.807) is 25.1 Å². The zero-order chi connectivity index (χ0) is 23.4. The fourth-order valence-electron chi connectivity index (χ4n) is 4.20. The number of hydrogen-bond acceptors (Lipinski definition) is 6. The molecule has 170 valence electrons. The minimum Gasteiger partial charge on any atom is -0.370 e. The average molecular weight is 441 g/mol. The summed E-state index contributed by atoms with van der Waals surface area (Å²) >= 11 is 0. The number of para-hydroxylation sites is 1. The summed E-state index contributed by atoms with van der Waals surface area (Å²) in [6, 6.07) is 4.16. The molecule has 2 heterocycles. The van der Waals surface area contributed by atoms with Crippen molar-refractivity contribution in [3.8, 4) is 0 Å². The van der Waals surface area contributed by atoms with Gasteiger partial charge in [-0.3, -0.25) is 33.9 Å². The van der Waals surface area contributed by atoms with Gasteiger partial charge in [0.15, 0.2) is 0 Å². The zero-order valence-electron chi connectivity index (χ0n) is 17.9. The molecule has 0 spiro atoms. The van der Waals surface area contributed by atoms with E-state index in [0.717, 1.165) is 0 Å². The summed E-state index contributed by atoms with van der Waals surface area (Å²) in [5.41, 5.74) is 11.3. The number of carbonyl (C=O) groups is 4. The lowest BCUT2D eigenvalue weighted by molar-refractivity contribution is -0.136. The van der Waals surface area contributed by atoms with Gasteiger partial charge in [0.1, 0.15) is 11.9 Å². The maximum Gasteiger partial charge on any atom is 0.262 e. The van der Waals surface area contributed by atoms with Gasteiger partial charge in [-0.2, -0.15) is 0 Å². The molecule has 1 aliphatic rings. The van der Waals surface area contributed by atoms with Gasteiger partial charge in [-0.15, -0.1) is 0 Å². The first-order valence-corrected chi connectivity index (χ1v) is 10.6. The largest absolute Gasteiger partial charge is 0.370 e. The van der Waals surface area contributed by atoms with E-state index < -0.39 is 29.3 Å². The van der Waals surface area contributed by atoms with Crippen molar-refractivity contribution in [1.82, 2.24) is 14.9 Å². The van der Waals surface area contributed by atoms with Crippen molar-refractivity contribution in [2.45, 2.75) is 63.8 Å². The van der Waals surface area contributed by atoms with Gasteiger partial charge in [-0.05, 0) is 37.8 Å². The van der Waals surface area contributed by atoms with E-state index in [4.69, 9.17) is 11.5 Å². The number of aryl methyl sites for hydroxylation is 1. The van der Waals surface area contributed by atoms with Gasteiger partial charge in [0, 0.05) is 12.8 Å². The van der Waals surface area contributed by atoms with Crippen molar-refractivity contribution in [3.63, 3.8) is 0 Å². The Morgan fingerprint density at radius 2 is 1.94 bits per heavy atom. The number of nitrogens with two attached hydrogens (primary N) is 2. The van der Waals surface area contributed by atoms with E-state index >= 15 is 0 Å². The lowest BCUT2D eigenvalue weighted by Gasteiger charge is -2.25. The van der Waals surface area contributed by atoms with E-state index in [9.17, 15) is 24.0 Å². The van der Waals surface area contributed by atoms with Crippen LogP contribution in [0.15, 0.2) is 23.0 Å². The summed E-state index contributed by atoms with van der Waals surface area (Å²) in [6.45, 7) is 1.62. The highest BCUT2D eigenvalue weighted by molar-refractivity contribution is 5.99. The van der Waals surface area contributed by atoms with Crippen molar-refractivity contribution in [2.24, 2.45) is 11.5 Å². The second-order valence-electron chi connectivity index (χ2n) is 8.07. The molecule has 32 heavy (non-hydrogen) atoms. The fourth-order valence-corrected chi connectivity index (χ4v) is 4.20. The van der Waals surface area contributed by atoms with Crippen LogP contribution in [0, 0.1) is 6.92 Å². The van der Waals surface area contributed by atoms with Gasteiger partial charge in [0.25, 0.3) is 5.56 Å². The Morgan fingerprint density at radius 1 is 1.19 bits per heavy atom. The van der Waals surface area contributed by atoms with Gasteiger partial charge in [-0.25, -0.2) is 4.98 Å². The monoisotopic (exact) mass is 441 g/mol. The molecule has 2 atom stereocenters. The van der Waals surface area contributed by atoms with Crippen molar-refractivity contribution in [1.29, 1.82) is 0 Å². The number of nitrogens with zero attached hydrogens (tertiary/aromatic N) is 2. The van der Waals surface area contributed by atoms with Gasteiger partial charge >= 0.3 is 0 Å². The summed E-state index contributed by atoms with van der Waals surface area (Å²) in [4.78, 5) is 64.7. The molecule has 1 aromatic carbocycles. The molecular formula is C22H27N5O5. The number of piperidine rings is 1. The maximum absolute atomic E-state index is 13.3. The van der Waals surface area contributed by atoms with Gasteiger partial charge in [0.05, 0.1) is 16.8 Å². The molecule has 0 bridgehead atoms. The lowest BCUT2D eigenvalue weighted by atomic mass is 9.90. The lowest BCUT2D eigenvalue weighted by Crippen LogP contribution is -2.45. The topological polar surface area (TPSA) is 167 Å². The minimum absolute atomic E-state index is 0.139. The predicted octanol–water partition coefficient (Wildman–Crippen LogP) is 0.687. The third-order valence-electron chi connectivity index (χ3n) is 5.80. The van der Waals surface area contributed by atoms with E-state index in [-0.39, 0.29) is 36.5 Å². The van der Waals surface area contributed by atoms with Crippen LogP contribution in [0.3, 0.4) is 0 Å². The molecule has 0 radical (unpaired) electrons. The number of imide groups is 1. The number of amides is 4. The molecule has 5 N–H and O–H groups in total. The normalized spacial score (nSPS) is 17.2. The van der Waals surface area contributed by atoms with E-state index in [0.29, 0.717) is 42.6 Å². The number of rotatable bonds is 9. The molecule has 0 saturated carbocycles. The van der Waals surface area contributed by atoms with Crippen molar-refractivity contribution >= 4 is 34.5 Å². The Bertz CT molecular complexity index is 1140. The molecule has 3 rings (SSSR count). The van der Waals surface area contributed by atoms with E-state index in [1.165, 1.54) is 4.57 Å². The molecule has 1 aromatic heterocycles. The van der Waals surface area contributed by atoms with Crippen LogP contribution in [0.1, 0.15) is 68.3 Å². The second kappa shape index (κ2) is 9.71. The van der Waals surface area contributed by atoms with Crippen LogP contribution in [-0.2, 0) is 19.2 Å². The second-order valence-corrected chi connectivity index (χ2v) is 8.07. The first-order chi connectivity index (χ1) is 15.2. The summed E-state index contributed by atoms with van der Waals surface area (Å²) in [5.74, 6) is -2.12. The minimum atomic E-state index is -0.821. The molecule has 10 heteroatoms. The van der Waals surface area contributed by atoms with Crippen LogP contribution in [-0.4, -0.2) is 33.2 Å². The number of fused-ring (bicyclic) bond motifs is 1. The molecule has 2 unspecified atom stereocenters. The van der Waals surface area contributed by atoms with Crippen molar-refractivity contribution < 1.29 is 19.2 Å². The van der Waals surface area contributed by atoms with Crippen LogP contribution < -0.4 is 22.3 Å². The van der Waals surface area contributed by atoms with Crippen LogP contribution >= 0.6 is 0 Å². The molecule has 2 aromatic rings. The highest BCUT2D eigenvalue weighted by atomic mass is 16.2. The summed E-state index contributed by atoms with van der Waals surface area (Å²) in [7, 11) is 0. The number of unbranched alkanes of at least 4 members (excludes halogenated alkanes) is 2. The number of benzene rings is 1. The Morgan fingerprint density at radius 3 is 2.59 bits per heavy atom. The maximum atomic E-state index is 13.3. The first kappa shape index (κ1) is 23.1. The molecule has 1 fully saturated rings. The molecule has 1 saturated heterocycles. The Kier molecular flexibility index (Phi) is 7.01. The number of primary amides is 2. The Labute approximate surface area is 184 Å². The summed E-state index contributed by atoms with van der Waals surface area (Å²) in [5, 5.41) is 2.54. The van der Waals surface area contributed by atoms with Gasteiger partial charge in [0.2, 0.25) is 23.6 Å². The van der Waals surface area contributed by atoms with Crippen LogP contribution in [0.5, 0.6) is 0 Å². The standard InChI is InChI=1S/C22H27N5O5/c1-12-25-19-13(14(20(24)30)6-3-2-4-9-17(23)28)7-5-8-15(19)22(32)27(12)16-10-11-18(29)26-21(16)31/h5,7-8,14,16H,2-4,6,9-11H2,1H3,(H2,23,28)(H2,24,30)(H,26,29,31). The Hall–Kier alpha value is -3.56. The number of nitrogens with one attached hydrogen (secondary N) is 1. The molecule has 4 amide bonds. The van der Waals surface area contributed by atoms with Crippen LogP contribution in [0.25, 0.3) is 10.9 Å². The average Bonchev–Trinajstić information content (AvgIpc) is 2.71. The summed E-state index contributed by atoms with van der Waals surface area (Å²) < 4.78 is 1.30. The first-order valence-electron chi connectivity index (χ1n) is 10.6. The van der Waals surface area contributed by atoms with Crippen LogP contribution in [0.4, 0.5) is 0 Å². The third kappa shape index (κ3) is 4.84. The van der Waals surface area contributed by atoms with Crippen molar-refractivity contribution in [2.75, 3.05) is 0 Å². The molecular weight excluding hydrogens is 414 g/mol. The number of carbonyl (C=O) groups excluding carboxylic acids is 4. The summed E-state index contributed by atoms with van der Waals surface area (Å²) in [6.07, 6.45) is 3.09. The molecule has 10 nitrogen and oxygen atoms in total. The zero-order valence-corrected chi connectivity index (χ0v) is 17.9. The molecule has 0 aliphatic carbocycles. The number of aromatic nitrogens is 2. The van der Waals surface area contributed by atoms with Crippen molar-refractivity contribution in [3.05, 3.63) is 39.9 Å². The number of hydrogen-bond donors (Lipinski definition) is 3. The highest BCUT2D eigenvalue weighted by Crippen LogP contribution is 2.28. The third-order valence-corrected chi connectivity index (χ3v) is 5.80. The van der Waals surface area contributed by atoms with E-state index in [1.807, 2.05) is 0 Å². The fraction of sp³-hybridized carbons (Fsp3) is 0.455. The molecule has 1 aliphatic heterocycles. The van der Waals surface area contributed by atoms with Crippen LogP contribution in [0.2, 0.25) is 0 Å². The Balaban J connectivity index is 1.96. The highest BCUT2D eigenvalue weighted by Gasteiger charge is 2.31. The predicted molar refractivity (Wildman–Crippen MR) is 116 cm³/mol.